The van der Waals surface area contributed by atoms with Crippen molar-refractivity contribution in [3.05, 3.63) is 42.5 Å². The molecule has 132 valence electrons. The highest BCUT2D eigenvalue weighted by atomic mass is 32.2. The normalized spacial score (nSPS) is 16.4. The molecule has 1 fully saturated rings. The van der Waals surface area contributed by atoms with Crippen LogP contribution in [0, 0.1) is 0 Å². The number of nitrogens with zero attached hydrogens (tertiary/aromatic N) is 2. The van der Waals surface area contributed by atoms with E-state index in [1.54, 1.807) is 12.1 Å². The monoisotopic (exact) mass is 351 g/mol. The van der Waals surface area contributed by atoms with Gasteiger partial charge in [0.1, 0.15) is 0 Å². The fraction of sp³-hybridized carbons (Fsp3) is 0.471. The van der Waals surface area contributed by atoms with Gasteiger partial charge in [-0.05, 0) is 38.1 Å². The molecular weight excluding hydrogens is 326 g/mol. The Morgan fingerprint density at radius 3 is 2.29 bits per heavy atom. The van der Waals surface area contributed by atoms with Crippen LogP contribution in [0.2, 0.25) is 0 Å². The molecule has 1 saturated heterocycles. The van der Waals surface area contributed by atoms with Crippen LogP contribution in [0.5, 0.6) is 0 Å². The van der Waals surface area contributed by atoms with Crippen molar-refractivity contribution in [2.24, 2.45) is 0 Å². The van der Waals surface area contributed by atoms with Crippen molar-refractivity contribution in [3.63, 3.8) is 0 Å². The van der Waals surface area contributed by atoms with Crippen LogP contribution in [-0.2, 0) is 10.0 Å². The zero-order chi connectivity index (χ0) is 17.7. The highest BCUT2D eigenvalue weighted by Crippen LogP contribution is 2.14. The van der Waals surface area contributed by atoms with Gasteiger partial charge in [-0.2, -0.15) is 0 Å². The first-order valence-corrected chi connectivity index (χ1v) is 9.57. The van der Waals surface area contributed by atoms with Crippen LogP contribution in [-0.4, -0.2) is 62.9 Å². The SMILES string of the molecule is C=CCNS(=O)(=O)c1ccc(C(=O)N2CCN(C(C)C)CC2)cc1. The van der Waals surface area contributed by atoms with Crippen molar-refractivity contribution >= 4 is 15.9 Å². The number of amides is 1. The first kappa shape index (κ1) is 18.6. The highest BCUT2D eigenvalue weighted by molar-refractivity contribution is 7.89. The van der Waals surface area contributed by atoms with Crippen LogP contribution in [0.1, 0.15) is 24.2 Å². The molecule has 1 aromatic carbocycles. The van der Waals surface area contributed by atoms with E-state index in [1.165, 1.54) is 18.2 Å². The van der Waals surface area contributed by atoms with Gasteiger partial charge in [-0.3, -0.25) is 9.69 Å². The summed E-state index contributed by atoms with van der Waals surface area (Å²) in [5.74, 6) is -0.0543. The number of hydrogen-bond acceptors (Lipinski definition) is 4. The van der Waals surface area contributed by atoms with Crippen molar-refractivity contribution in [3.8, 4) is 0 Å². The number of hydrogen-bond donors (Lipinski definition) is 1. The van der Waals surface area contributed by atoms with Crippen molar-refractivity contribution in [1.29, 1.82) is 0 Å². The Kier molecular flexibility index (Phi) is 6.15. The number of rotatable bonds is 6. The molecule has 0 atom stereocenters. The van der Waals surface area contributed by atoms with Crippen LogP contribution in [0.25, 0.3) is 0 Å². The molecule has 2 rings (SSSR count). The Labute approximate surface area is 144 Å². The Morgan fingerprint density at radius 1 is 1.21 bits per heavy atom. The maximum Gasteiger partial charge on any atom is 0.253 e. The molecule has 1 amide bonds. The molecule has 1 aliphatic rings. The third kappa shape index (κ3) is 4.43. The van der Waals surface area contributed by atoms with Gasteiger partial charge in [0, 0.05) is 44.3 Å². The quantitative estimate of drug-likeness (QED) is 0.785. The van der Waals surface area contributed by atoms with Gasteiger partial charge in [-0.15, -0.1) is 6.58 Å². The topological polar surface area (TPSA) is 69.7 Å². The fourth-order valence-electron chi connectivity index (χ4n) is 2.65. The van der Waals surface area contributed by atoms with Crippen LogP contribution < -0.4 is 4.72 Å². The van der Waals surface area contributed by atoms with E-state index in [9.17, 15) is 13.2 Å². The lowest BCUT2D eigenvalue weighted by atomic mass is 10.1. The van der Waals surface area contributed by atoms with Crippen LogP contribution in [0.4, 0.5) is 0 Å². The molecule has 0 saturated carbocycles. The van der Waals surface area contributed by atoms with E-state index >= 15 is 0 Å². The first-order chi connectivity index (χ1) is 11.3. The molecule has 7 heteroatoms. The minimum Gasteiger partial charge on any atom is -0.336 e. The lowest BCUT2D eigenvalue weighted by Crippen LogP contribution is -2.50. The molecule has 0 spiro atoms. The van der Waals surface area contributed by atoms with E-state index in [0.29, 0.717) is 24.7 Å². The molecular formula is C17H25N3O3S. The second-order valence-electron chi connectivity index (χ2n) is 6.09. The Morgan fingerprint density at radius 2 is 1.79 bits per heavy atom. The minimum atomic E-state index is -3.56. The second kappa shape index (κ2) is 7.92. The van der Waals surface area contributed by atoms with Crippen LogP contribution >= 0.6 is 0 Å². The number of carbonyl (C=O) groups excluding carboxylic acids is 1. The summed E-state index contributed by atoms with van der Waals surface area (Å²) in [6, 6.07) is 6.54. The third-order valence-electron chi connectivity index (χ3n) is 4.16. The van der Waals surface area contributed by atoms with Gasteiger partial charge in [0.2, 0.25) is 10.0 Å². The summed E-state index contributed by atoms with van der Waals surface area (Å²) in [5, 5.41) is 0. The molecule has 1 aliphatic heterocycles. The van der Waals surface area contributed by atoms with Crippen molar-refractivity contribution in [1.82, 2.24) is 14.5 Å². The van der Waals surface area contributed by atoms with Gasteiger partial charge >= 0.3 is 0 Å². The standard InChI is InChI=1S/C17H25N3O3S/c1-4-9-18-24(22,23)16-7-5-15(6-8-16)17(21)20-12-10-19(11-13-20)14(2)3/h4-8,14,18H,1,9-13H2,2-3H3. The van der Waals surface area contributed by atoms with Crippen molar-refractivity contribution in [2.45, 2.75) is 24.8 Å². The number of sulfonamides is 1. The number of nitrogens with one attached hydrogen (secondary N) is 1. The maximum absolute atomic E-state index is 12.5. The van der Waals surface area contributed by atoms with E-state index in [-0.39, 0.29) is 17.3 Å². The summed E-state index contributed by atoms with van der Waals surface area (Å²) in [6.45, 7) is 11.1. The molecule has 0 bridgehead atoms. The molecule has 0 aromatic heterocycles. The molecule has 1 aromatic rings. The Bertz CT molecular complexity index is 676. The molecule has 6 nitrogen and oxygen atoms in total. The molecule has 1 N–H and O–H groups in total. The van der Waals surface area contributed by atoms with E-state index in [2.05, 4.69) is 30.0 Å². The largest absolute Gasteiger partial charge is 0.336 e. The van der Waals surface area contributed by atoms with Crippen LogP contribution in [0.3, 0.4) is 0 Å². The first-order valence-electron chi connectivity index (χ1n) is 8.09. The molecule has 1 heterocycles. The highest BCUT2D eigenvalue weighted by Gasteiger charge is 2.23. The van der Waals surface area contributed by atoms with E-state index in [1.807, 2.05) is 4.90 Å². The van der Waals surface area contributed by atoms with Gasteiger partial charge in [-0.1, -0.05) is 6.08 Å². The summed E-state index contributed by atoms with van der Waals surface area (Å²) in [7, 11) is -3.56. The summed E-state index contributed by atoms with van der Waals surface area (Å²) >= 11 is 0. The molecule has 24 heavy (non-hydrogen) atoms. The lowest BCUT2D eigenvalue weighted by Gasteiger charge is -2.37. The zero-order valence-corrected chi connectivity index (χ0v) is 15.1. The number of carbonyl (C=O) groups is 1. The predicted octanol–water partition coefficient (Wildman–Crippen LogP) is 1.32. The number of piperazine rings is 1. The summed E-state index contributed by atoms with van der Waals surface area (Å²) in [4.78, 5) is 16.8. The number of benzene rings is 1. The van der Waals surface area contributed by atoms with Gasteiger partial charge in [0.15, 0.2) is 0 Å². The lowest BCUT2D eigenvalue weighted by molar-refractivity contribution is 0.0595. The van der Waals surface area contributed by atoms with Crippen LogP contribution in [0.15, 0.2) is 41.8 Å². The average molecular weight is 351 g/mol. The third-order valence-corrected chi connectivity index (χ3v) is 5.60. The van der Waals surface area contributed by atoms with E-state index in [0.717, 1.165) is 13.1 Å². The van der Waals surface area contributed by atoms with Gasteiger partial charge < -0.3 is 4.90 Å². The maximum atomic E-state index is 12.5. The average Bonchev–Trinajstić information content (AvgIpc) is 2.59. The van der Waals surface area contributed by atoms with Gasteiger partial charge in [0.05, 0.1) is 4.90 Å². The van der Waals surface area contributed by atoms with Crippen molar-refractivity contribution < 1.29 is 13.2 Å². The summed E-state index contributed by atoms with van der Waals surface area (Å²) in [5.41, 5.74) is 0.510. The minimum absolute atomic E-state index is 0.0543. The second-order valence-corrected chi connectivity index (χ2v) is 7.85. The Hall–Kier alpha value is -1.70. The Balaban J connectivity index is 2.03. The van der Waals surface area contributed by atoms with E-state index in [4.69, 9.17) is 0 Å². The molecule has 0 radical (unpaired) electrons. The van der Waals surface area contributed by atoms with E-state index < -0.39 is 10.0 Å². The summed E-state index contributed by atoms with van der Waals surface area (Å²) in [6.07, 6.45) is 1.48. The van der Waals surface area contributed by atoms with Gasteiger partial charge in [-0.25, -0.2) is 13.1 Å². The molecule has 0 unspecified atom stereocenters. The van der Waals surface area contributed by atoms with Crippen molar-refractivity contribution in [2.75, 3.05) is 32.7 Å². The van der Waals surface area contributed by atoms with Gasteiger partial charge in [0.25, 0.3) is 5.91 Å². The summed E-state index contributed by atoms with van der Waals surface area (Å²) < 4.78 is 26.4. The smallest absolute Gasteiger partial charge is 0.253 e. The fourth-order valence-corrected chi connectivity index (χ4v) is 3.65. The molecule has 0 aliphatic carbocycles. The predicted molar refractivity (Wildman–Crippen MR) is 94.4 cm³/mol. The zero-order valence-electron chi connectivity index (χ0n) is 14.2.